The number of carbonyl (C=O) groups is 4. The van der Waals surface area contributed by atoms with Crippen LogP contribution in [0.2, 0.25) is 0 Å². The van der Waals surface area contributed by atoms with E-state index < -0.39 is 18.4 Å². The summed E-state index contributed by atoms with van der Waals surface area (Å²) in [4.78, 5) is 73.9. The lowest BCUT2D eigenvalue weighted by Gasteiger charge is -2.43. The smallest absolute Gasteiger partial charge is 0.329 e. The van der Waals surface area contributed by atoms with E-state index in [2.05, 4.69) is 25.8 Å². The summed E-state index contributed by atoms with van der Waals surface area (Å²) in [6, 6.07) is 8.29. The Labute approximate surface area is 389 Å². The number of piperidine rings is 2. The summed E-state index contributed by atoms with van der Waals surface area (Å²) in [6.45, 7) is 8.64. The van der Waals surface area contributed by atoms with Crippen molar-refractivity contribution in [2.75, 3.05) is 83.9 Å². The van der Waals surface area contributed by atoms with Gasteiger partial charge in [0.1, 0.15) is 11.9 Å². The van der Waals surface area contributed by atoms with Crippen LogP contribution in [0.15, 0.2) is 41.3 Å². The van der Waals surface area contributed by atoms with Crippen molar-refractivity contribution in [1.29, 1.82) is 10.8 Å². The molecule has 0 spiro atoms. The molecule has 0 aliphatic carbocycles. The predicted octanol–water partition coefficient (Wildman–Crippen LogP) is 2.87. The number of anilines is 1. The highest BCUT2D eigenvalue weighted by atomic mass is 19.3. The lowest BCUT2D eigenvalue weighted by molar-refractivity contribution is -0.136. The number of alkyl halides is 2. The third-order valence-electron chi connectivity index (χ3n) is 14.5. The molecule has 4 fully saturated rings. The topological polar surface area (TPSA) is 195 Å². The van der Waals surface area contributed by atoms with Crippen molar-refractivity contribution in [2.24, 2.45) is 13.0 Å². The number of fused-ring (bicyclic) bond motifs is 2. The van der Waals surface area contributed by atoms with E-state index in [-0.39, 0.29) is 59.2 Å². The van der Waals surface area contributed by atoms with Crippen LogP contribution in [0.5, 0.6) is 0 Å². The van der Waals surface area contributed by atoms with Crippen molar-refractivity contribution in [1.82, 2.24) is 44.7 Å². The number of aromatic nitrogens is 2. The molecular weight excluding hydrogens is 863 g/mol. The molecule has 0 bridgehead atoms. The first-order valence-electron chi connectivity index (χ1n) is 23.7. The number of nitrogens with one attached hydrogen (secondary N) is 5. The Bertz CT molecular complexity index is 2500. The Morgan fingerprint density at radius 1 is 0.925 bits per heavy atom. The van der Waals surface area contributed by atoms with E-state index in [0.717, 1.165) is 81.3 Å². The van der Waals surface area contributed by atoms with Gasteiger partial charge < -0.3 is 35.6 Å². The normalized spacial score (nSPS) is 23.2. The number of benzene rings is 2. The van der Waals surface area contributed by atoms with Gasteiger partial charge in [0.05, 0.1) is 17.6 Å². The number of amides is 4. The number of nitrogens with zero attached hydrogens (tertiary/aromatic N) is 7. The molecule has 4 saturated heterocycles. The minimum atomic E-state index is -2.78. The van der Waals surface area contributed by atoms with Crippen LogP contribution in [0.4, 0.5) is 14.5 Å². The van der Waals surface area contributed by atoms with E-state index in [1.807, 2.05) is 28.0 Å². The first kappa shape index (κ1) is 47.7. The van der Waals surface area contributed by atoms with Gasteiger partial charge in [0.15, 0.2) is 0 Å². The molecule has 1 aromatic heterocycles. The average Bonchev–Trinajstić information content (AvgIpc) is 3.89. The van der Waals surface area contributed by atoms with Crippen LogP contribution in [-0.4, -0.2) is 156 Å². The highest BCUT2D eigenvalue weighted by Crippen LogP contribution is 2.38. The summed E-state index contributed by atoms with van der Waals surface area (Å²) in [6.07, 6.45) is 4.84. The number of piperazine rings is 1. The zero-order valence-corrected chi connectivity index (χ0v) is 38.8. The third-order valence-corrected chi connectivity index (χ3v) is 14.5. The van der Waals surface area contributed by atoms with Crippen molar-refractivity contribution in [3.05, 3.63) is 69.3 Å². The van der Waals surface area contributed by atoms with Gasteiger partial charge in [-0.1, -0.05) is 6.07 Å². The quantitative estimate of drug-likeness (QED) is 0.0912. The molecule has 5 N–H and O–H groups in total. The summed E-state index contributed by atoms with van der Waals surface area (Å²) in [5.41, 5.74) is 4.14. The fourth-order valence-corrected chi connectivity index (χ4v) is 10.8. The van der Waals surface area contributed by atoms with Gasteiger partial charge in [0.2, 0.25) is 23.6 Å². The van der Waals surface area contributed by atoms with Gasteiger partial charge in [-0.05, 0) is 92.4 Å². The summed E-state index contributed by atoms with van der Waals surface area (Å²) >= 11 is 0. The molecule has 4 atom stereocenters. The molecule has 67 heavy (non-hydrogen) atoms. The molecular formula is C48H64F2N12O5. The lowest BCUT2D eigenvalue weighted by Crippen LogP contribution is -2.58. The first-order valence-corrected chi connectivity index (χ1v) is 23.7. The Balaban J connectivity index is 0.826. The minimum Gasteiger partial charge on any atom is -0.393 e. The van der Waals surface area contributed by atoms with Gasteiger partial charge in [-0.15, -0.1) is 0 Å². The maximum Gasteiger partial charge on any atom is 0.329 e. The second kappa shape index (κ2) is 20.6. The van der Waals surface area contributed by atoms with Crippen molar-refractivity contribution in [3.63, 3.8) is 0 Å². The maximum atomic E-state index is 14.6. The molecule has 6 heterocycles. The first-order chi connectivity index (χ1) is 32.2. The molecule has 8 rings (SSSR count). The van der Waals surface area contributed by atoms with Crippen molar-refractivity contribution >= 4 is 58.0 Å². The highest BCUT2D eigenvalue weighted by Gasteiger charge is 2.40. The fourth-order valence-electron chi connectivity index (χ4n) is 10.8. The monoisotopic (exact) mass is 927 g/mol. The van der Waals surface area contributed by atoms with E-state index in [4.69, 9.17) is 5.41 Å². The number of aryl methyl sites for hydroxylation is 3. The standard InChI is InChI=1S/C48H64F2N12O5/c1-30(63)59-17-13-38(37(28-59)46(52)61-15-5-7-32-23-35(33(25-51)26-53-2)36(45(49)50)24-41(32)61)54-34-12-16-60(27-34)44(65)29-58-20-18-57(19-21-58)14-4-6-31-8-9-39-42(22-31)56(3)48(67)62(39)40-10-11-43(64)55-47(40)66/h8-9,22-26,34,37-38,40,45,51-54H,4-7,10-21,27-29H2,1-3H3,(H,55,64,66)/b33-26+,51-25?,52-46?. The van der Waals surface area contributed by atoms with Crippen LogP contribution in [0.1, 0.15) is 80.2 Å². The summed E-state index contributed by atoms with van der Waals surface area (Å²) in [5, 5.41) is 26.4. The average molecular weight is 927 g/mol. The number of hydrogen-bond donors (Lipinski definition) is 5. The van der Waals surface area contributed by atoms with Gasteiger partial charge >= 0.3 is 5.69 Å². The van der Waals surface area contributed by atoms with Gasteiger partial charge in [-0.2, -0.15) is 0 Å². The Hall–Kier alpha value is -5.79. The molecule has 4 unspecified atom stereocenters. The van der Waals surface area contributed by atoms with Gasteiger partial charge in [-0.3, -0.25) is 43.9 Å². The number of halogens is 2. The van der Waals surface area contributed by atoms with Crippen molar-refractivity contribution in [2.45, 2.75) is 82.8 Å². The Morgan fingerprint density at radius 3 is 2.40 bits per heavy atom. The molecule has 360 valence electrons. The number of amidine groups is 1. The second-order valence-electron chi connectivity index (χ2n) is 18.7. The predicted molar refractivity (Wildman–Crippen MR) is 253 cm³/mol. The highest BCUT2D eigenvalue weighted by molar-refractivity contribution is 6.09. The van der Waals surface area contributed by atoms with E-state index in [1.165, 1.54) is 23.8 Å². The van der Waals surface area contributed by atoms with E-state index >= 15 is 0 Å². The van der Waals surface area contributed by atoms with Crippen LogP contribution in [0.25, 0.3) is 16.6 Å². The Kier molecular flexibility index (Phi) is 14.7. The molecule has 4 amide bonds. The van der Waals surface area contributed by atoms with Crippen LogP contribution in [-0.2, 0) is 39.1 Å². The van der Waals surface area contributed by atoms with Crippen LogP contribution < -0.4 is 26.5 Å². The lowest BCUT2D eigenvalue weighted by atomic mass is 9.87. The van der Waals surface area contributed by atoms with Gasteiger partial charge in [-0.25, -0.2) is 13.6 Å². The molecule has 5 aliphatic rings. The number of imide groups is 1. The number of rotatable bonds is 14. The second-order valence-corrected chi connectivity index (χ2v) is 18.7. The zero-order chi connectivity index (χ0) is 47.5. The van der Waals surface area contributed by atoms with Gasteiger partial charge in [0, 0.05) is 134 Å². The van der Waals surface area contributed by atoms with E-state index in [0.29, 0.717) is 80.9 Å². The molecule has 19 heteroatoms. The third kappa shape index (κ3) is 10.2. The SMILES string of the molecule is CN/C=C(\C=N)c1cc2c(cc1C(F)F)N(C(=N)C1CN(C(C)=O)CCC1NC1CCN(C(=O)CN3CCN(CCCc4ccc5c(c4)n(C)c(=O)n5C4CCC(=O)NC4=O)CC3)C1)CCC2. The number of imidazole rings is 1. The summed E-state index contributed by atoms with van der Waals surface area (Å²) in [7, 11) is 3.37. The fraction of sp³-hybridized carbons (Fsp3) is 0.562. The Morgan fingerprint density at radius 2 is 1.69 bits per heavy atom. The van der Waals surface area contributed by atoms with Crippen LogP contribution in [0, 0.1) is 16.7 Å². The van der Waals surface area contributed by atoms with Crippen LogP contribution in [0.3, 0.4) is 0 Å². The number of hydrogen-bond acceptors (Lipinski definition) is 11. The molecule has 0 radical (unpaired) electrons. The molecule has 3 aromatic rings. The van der Waals surface area contributed by atoms with Crippen molar-refractivity contribution < 1.29 is 28.0 Å². The molecule has 2 aromatic carbocycles. The molecule has 0 saturated carbocycles. The van der Waals surface area contributed by atoms with Crippen molar-refractivity contribution in [3.8, 4) is 0 Å². The van der Waals surface area contributed by atoms with E-state index in [9.17, 15) is 38.2 Å². The number of likely N-dealkylation sites (tertiary alicyclic amines) is 2. The molecule has 17 nitrogen and oxygen atoms in total. The summed E-state index contributed by atoms with van der Waals surface area (Å²) in [5.74, 6) is -0.841. The van der Waals surface area contributed by atoms with Crippen LogP contribution >= 0.6 is 0 Å². The minimum absolute atomic E-state index is 0.0148. The summed E-state index contributed by atoms with van der Waals surface area (Å²) < 4.78 is 32.2. The van der Waals surface area contributed by atoms with Gasteiger partial charge in [0.25, 0.3) is 6.43 Å². The van der Waals surface area contributed by atoms with E-state index in [1.54, 1.807) is 29.6 Å². The largest absolute Gasteiger partial charge is 0.393 e. The molecule has 5 aliphatic heterocycles. The maximum absolute atomic E-state index is 14.6. The number of allylic oxidation sites excluding steroid dienone is 1. The number of carbonyl (C=O) groups excluding carboxylic acids is 4. The zero-order valence-electron chi connectivity index (χ0n) is 38.8.